The van der Waals surface area contributed by atoms with Crippen molar-refractivity contribution in [2.75, 3.05) is 25.9 Å². The predicted octanol–water partition coefficient (Wildman–Crippen LogP) is -1.11. The first-order valence-electron chi connectivity index (χ1n) is 7.72. The van der Waals surface area contributed by atoms with Gasteiger partial charge in [-0.1, -0.05) is 5.16 Å². The second-order valence-corrected chi connectivity index (χ2v) is 7.99. The molecule has 1 amide bonds. The van der Waals surface area contributed by atoms with Crippen molar-refractivity contribution >= 4 is 15.9 Å². The highest BCUT2D eigenvalue weighted by Crippen LogP contribution is 2.19. The van der Waals surface area contributed by atoms with E-state index in [1.807, 2.05) is 13.8 Å². The Hall–Kier alpha value is -1.49. The van der Waals surface area contributed by atoms with Gasteiger partial charge in [0.1, 0.15) is 5.76 Å². The summed E-state index contributed by atoms with van der Waals surface area (Å²) in [5, 5.41) is 16.8. The molecule has 0 radical (unpaired) electrons. The summed E-state index contributed by atoms with van der Waals surface area (Å²) in [6.07, 6.45) is 0.846. The van der Waals surface area contributed by atoms with E-state index in [2.05, 4.69) is 20.1 Å². The number of nitrogens with one attached hydrogen (secondary N) is 2. The van der Waals surface area contributed by atoms with Crippen molar-refractivity contribution in [3.63, 3.8) is 0 Å². The van der Waals surface area contributed by atoms with Crippen molar-refractivity contribution < 1.29 is 22.8 Å². The molecule has 1 aromatic rings. The van der Waals surface area contributed by atoms with Crippen molar-refractivity contribution in [3.8, 4) is 0 Å². The molecule has 10 heteroatoms. The highest BCUT2D eigenvalue weighted by atomic mass is 32.2. The average molecular weight is 360 g/mol. The van der Waals surface area contributed by atoms with E-state index in [1.165, 1.54) is 0 Å². The van der Waals surface area contributed by atoms with E-state index in [0.29, 0.717) is 26.1 Å². The van der Waals surface area contributed by atoms with Gasteiger partial charge in [-0.2, -0.15) is 0 Å². The number of aryl methyl sites for hydroxylation is 2. The first-order chi connectivity index (χ1) is 11.2. The molecule has 1 aromatic heterocycles. The molecule has 2 atom stereocenters. The molecule has 24 heavy (non-hydrogen) atoms. The first kappa shape index (κ1) is 18.8. The lowest BCUT2D eigenvalue weighted by Crippen LogP contribution is -2.55. The number of amides is 1. The fourth-order valence-corrected chi connectivity index (χ4v) is 3.11. The molecule has 1 aliphatic rings. The lowest BCUT2D eigenvalue weighted by atomic mass is 10.0. The first-order valence-corrected chi connectivity index (χ1v) is 9.61. The van der Waals surface area contributed by atoms with Gasteiger partial charge in [-0.15, -0.1) is 0 Å². The fraction of sp³-hybridized carbons (Fsp3) is 0.714. The van der Waals surface area contributed by atoms with E-state index >= 15 is 0 Å². The molecule has 1 aliphatic heterocycles. The number of carbonyl (C=O) groups is 1. The standard InChI is InChI=1S/C14H24N4O5S/c1-9-11(10(2)23-17-9)7-18-5-4-12(13(19)8-18)16-14(20)6-15-24(3,21)22/h12-13,15,19H,4-8H2,1-3H3,(H,16,20)/t12-,13-/m1/s1. The van der Waals surface area contributed by atoms with Crippen molar-refractivity contribution in [1.29, 1.82) is 0 Å². The van der Waals surface area contributed by atoms with E-state index in [1.54, 1.807) is 0 Å². The molecule has 2 rings (SSSR count). The molecule has 0 spiro atoms. The van der Waals surface area contributed by atoms with Crippen LogP contribution in [0.1, 0.15) is 23.4 Å². The number of rotatable bonds is 6. The molecule has 0 saturated carbocycles. The number of hydrogen-bond acceptors (Lipinski definition) is 7. The van der Waals surface area contributed by atoms with Crippen LogP contribution < -0.4 is 10.0 Å². The number of aliphatic hydroxyl groups is 1. The number of piperidine rings is 1. The predicted molar refractivity (Wildman–Crippen MR) is 86.7 cm³/mol. The van der Waals surface area contributed by atoms with Gasteiger partial charge in [0.25, 0.3) is 0 Å². The van der Waals surface area contributed by atoms with Gasteiger partial charge in [0.2, 0.25) is 15.9 Å². The second kappa shape index (κ2) is 7.60. The Kier molecular flexibility index (Phi) is 5.97. The van der Waals surface area contributed by atoms with Crippen LogP contribution in [0.25, 0.3) is 0 Å². The second-order valence-electron chi connectivity index (χ2n) is 6.16. The lowest BCUT2D eigenvalue weighted by Gasteiger charge is -2.36. The number of hydrogen-bond donors (Lipinski definition) is 3. The molecule has 9 nitrogen and oxygen atoms in total. The number of sulfonamides is 1. The van der Waals surface area contributed by atoms with Crippen LogP contribution in [0.3, 0.4) is 0 Å². The van der Waals surface area contributed by atoms with E-state index in [4.69, 9.17) is 4.52 Å². The van der Waals surface area contributed by atoms with Gasteiger partial charge in [0.15, 0.2) is 0 Å². The summed E-state index contributed by atoms with van der Waals surface area (Å²) in [6.45, 7) is 5.15. The minimum Gasteiger partial charge on any atom is -0.390 e. The summed E-state index contributed by atoms with van der Waals surface area (Å²) in [5.41, 5.74) is 1.85. The van der Waals surface area contributed by atoms with E-state index in [0.717, 1.165) is 23.3 Å². The SMILES string of the molecule is Cc1noc(C)c1CN1CC[C@@H](NC(=O)CNS(C)(=O)=O)[C@H](O)C1. The molecule has 0 unspecified atom stereocenters. The molecule has 3 N–H and O–H groups in total. The molecule has 1 fully saturated rings. The highest BCUT2D eigenvalue weighted by molar-refractivity contribution is 7.88. The number of β-amino-alcohol motifs (C(OH)–C–C–N with tert-alkyl or cyclic N) is 1. The maximum absolute atomic E-state index is 11.7. The van der Waals surface area contributed by atoms with Crippen molar-refractivity contribution in [2.24, 2.45) is 0 Å². The van der Waals surface area contributed by atoms with Crippen molar-refractivity contribution in [2.45, 2.75) is 39.0 Å². The molecule has 2 heterocycles. The Morgan fingerprint density at radius 2 is 2.17 bits per heavy atom. The van der Waals surface area contributed by atoms with Crippen LogP contribution in [0.4, 0.5) is 0 Å². The third-order valence-electron chi connectivity index (χ3n) is 4.07. The maximum Gasteiger partial charge on any atom is 0.235 e. The summed E-state index contributed by atoms with van der Waals surface area (Å²) in [6, 6.07) is -0.389. The molecular weight excluding hydrogens is 336 g/mol. The highest BCUT2D eigenvalue weighted by Gasteiger charge is 2.29. The van der Waals surface area contributed by atoms with Gasteiger partial charge >= 0.3 is 0 Å². The summed E-state index contributed by atoms with van der Waals surface area (Å²) in [5.74, 6) is 0.313. The van der Waals surface area contributed by atoms with Gasteiger partial charge in [-0.05, 0) is 20.3 Å². The van der Waals surface area contributed by atoms with Gasteiger partial charge in [-0.25, -0.2) is 13.1 Å². The van der Waals surface area contributed by atoms with Crippen LogP contribution in [-0.4, -0.2) is 67.5 Å². The zero-order valence-corrected chi connectivity index (χ0v) is 14.9. The summed E-state index contributed by atoms with van der Waals surface area (Å²) in [7, 11) is -3.42. The van der Waals surface area contributed by atoms with E-state index in [9.17, 15) is 18.3 Å². The van der Waals surface area contributed by atoms with Gasteiger partial charge in [0.05, 0.1) is 30.6 Å². The molecule has 1 saturated heterocycles. The number of nitrogens with zero attached hydrogens (tertiary/aromatic N) is 2. The zero-order valence-electron chi connectivity index (χ0n) is 14.1. The number of likely N-dealkylation sites (tertiary alicyclic amines) is 1. The Labute approximate surface area is 141 Å². The molecule has 0 aliphatic carbocycles. The smallest absolute Gasteiger partial charge is 0.235 e. The van der Waals surface area contributed by atoms with Gasteiger partial charge in [0, 0.05) is 25.2 Å². The Bertz CT molecular complexity index is 668. The van der Waals surface area contributed by atoms with E-state index < -0.39 is 22.0 Å². The van der Waals surface area contributed by atoms with Crippen LogP contribution in [0, 0.1) is 13.8 Å². The quantitative estimate of drug-likeness (QED) is 0.587. The molecule has 0 aromatic carbocycles. The fourth-order valence-electron chi connectivity index (χ4n) is 2.71. The van der Waals surface area contributed by atoms with Crippen LogP contribution in [0.5, 0.6) is 0 Å². The van der Waals surface area contributed by atoms with Gasteiger partial charge in [-0.3, -0.25) is 9.69 Å². The third-order valence-corrected chi connectivity index (χ3v) is 4.74. The van der Waals surface area contributed by atoms with Gasteiger partial charge < -0.3 is 14.9 Å². The lowest BCUT2D eigenvalue weighted by molar-refractivity contribution is -0.122. The molecular formula is C14H24N4O5S. The number of aliphatic hydroxyl groups excluding tert-OH is 1. The molecule has 136 valence electrons. The van der Waals surface area contributed by atoms with Crippen LogP contribution >= 0.6 is 0 Å². The van der Waals surface area contributed by atoms with Crippen molar-refractivity contribution in [1.82, 2.24) is 20.1 Å². The normalized spacial score (nSPS) is 22.5. The number of aromatic nitrogens is 1. The monoisotopic (exact) mass is 360 g/mol. The Morgan fingerprint density at radius 1 is 1.46 bits per heavy atom. The Morgan fingerprint density at radius 3 is 2.71 bits per heavy atom. The largest absolute Gasteiger partial charge is 0.390 e. The topological polar surface area (TPSA) is 125 Å². The minimum atomic E-state index is -3.42. The van der Waals surface area contributed by atoms with Crippen LogP contribution in [-0.2, 0) is 21.4 Å². The summed E-state index contributed by atoms with van der Waals surface area (Å²) in [4.78, 5) is 13.8. The van der Waals surface area contributed by atoms with Crippen LogP contribution in [0.2, 0.25) is 0 Å². The minimum absolute atomic E-state index is 0.329. The van der Waals surface area contributed by atoms with Crippen molar-refractivity contribution in [3.05, 3.63) is 17.0 Å². The molecule has 0 bridgehead atoms. The number of carbonyl (C=O) groups excluding carboxylic acids is 1. The third kappa shape index (κ3) is 5.26. The zero-order chi connectivity index (χ0) is 17.9. The maximum atomic E-state index is 11.7. The average Bonchev–Trinajstić information content (AvgIpc) is 2.79. The van der Waals surface area contributed by atoms with Crippen LogP contribution in [0.15, 0.2) is 4.52 Å². The Balaban J connectivity index is 1.83. The van der Waals surface area contributed by atoms with E-state index in [-0.39, 0.29) is 12.6 Å². The summed E-state index contributed by atoms with van der Waals surface area (Å²) >= 11 is 0. The summed E-state index contributed by atoms with van der Waals surface area (Å²) < 4.78 is 29.2.